The molecule has 0 spiro atoms. The van der Waals surface area contributed by atoms with Gasteiger partial charge in [-0.1, -0.05) is 67.8 Å². The lowest BCUT2D eigenvalue weighted by Gasteiger charge is -2.32. The minimum atomic E-state index is -0.582. The highest BCUT2D eigenvalue weighted by atomic mass is 16.2. The van der Waals surface area contributed by atoms with Gasteiger partial charge in [0.2, 0.25) is 11.8 Å². The van der Waals surface area contributed by atoms with Gasteiger partial charge in [0.15, 0.2) is 0 Å². The van der Waals surface area contributed by atoms with E-state index in [1.165, 1.54) is 5.56 Å². The summed E-state index contributed by atoms with van der Waals surface area (Å²) in [6.45, 7) is 2.98. The molecule has 7 nitrogen and oxygen atoms in total. The van der Waals surface area contributed by atoms with E-state index in [1.54, 1.807) is 6.92 Å². The first kappa shape index (κ1) is 28.6. The summed E-state index contributed by atoms with van der Waals surface area (Å²) in [7, 11) is 1.98. The molecule has 39 heavy (non-hydrogen) atoms. The monoisotopic (exact) mass is 530 g/mol. The number of ketones is 1. The number of amides is 2. The summed E-state index contributed by atoms with van der Waals surface area (Å²) in [5, 5.41) is 7.32. The molecule has 2 atom stereocenters. The van der Waals surface area contributed by atoms with Crippen LogP contribution >= 0.6 is 0 Å². The van der Waals surface area contributed by atoms with Crippen LogP contribution in [0.3, 0.4) is 0 Å². The Bertz CT molecular complexity index is 1250. The van der Waals surface area contributed by atoms with E-state index in [9.17, 15) is 14.4 Å². The maximum absolute atomic E-state index is 13.4. The van der Waals surface area contributed by atoms with Crippen LogP contribution in [0.4, 0.5) is 0 Å². The molecule has 208 valence electrons. The lowest BCUT2D eigenvalue weighted by atomic mass is 10.0. The van der Waals surface area contributed by atoms with Crippen LogP contribution in [0.2, 0.25) is 0 Å². The first-order valence-corrected chi connectivity index (χ1v) is 14.4. The third kappa shape index (κ3) is 7.79. The molecule has 7 heteroatoms. The molecular formula is C32H42N4O3. The van der Waals surface area contributed by atoms with Crippen molar-refractivity contribution in [1.29, 1.82) is 0 Å². The number of nitrogens with one attached hydrogen (secondary N) is 3. The van der Waals surface area contributed by atoms with Gasteiger partial charge in [0, 0.05) is 29.6 Å². The number of aromatic amines is 1. The van der Waals surface area contributed by atoms with Crippen molar-refractivity contribution in [2.45, 2.75) is 76.8 Å². The van der Waals surface area contributed by atoms with Gasteiger partial charge in [0.1, 0.15) is 11.8 Å². The highest BCUT2D eigenvalue weighted by molar-refractivity contribution is 5.91. The van der Waals surface area contributed by atoms with Crippen molar-refractivity contribution in [3.63, 3.8) is 0 Å². The second-order valence-electron chi connectivity index (χ2n) is 10.8. The molecule has 2 heterocycles. The molecule has 2 amide bonds. The topological polar surface area (TPSA) is 94.3 Å². The molecule has 3 aromatic rings. The third-order valence-electron chi connectivity index (χ3n) is 7.78. The standard InChI is InChI=1S/C32H42N4O3/c1-23(37)13-5-3-8-18-28(35-32(39)29-19-11-12-22-36(29)2)31(38)33-21-20-26-25-16-9-10-17-27(25)34-30(26)24-14-6-4-7-15-24/h4,6-7,9-10,14-17,28-29,34H,3,5,8,11-13,18-22H2,1-2H3,(H,33,38)(H,35,39)/t28-,29+/m0/s1. The zero-order valence-electron chi connectivity index (χ0n) is 23.3. The van der Waals surface area contributed by atoms with Gasteiger partial charge in [-0.3, -0.25) is 14.5 Å². The number of hydrogen-bond donors (Lipinski definition) is 3. The third-order valence-corrected chi connectivity index (χ3v) is 7.78. The van der Waals surface area contributed by atoms with Gasteiger partial charge in [-0.25, -0.2) is 0 Å². The fraction of sp³-hybridized carbons (Fsp3) is 0.469. The van der Waals surface area contributed by atoms with E-state index >= 15 is 0 Å². The highest BCUT2D eigenvalue weighted by Crippen LogP contribution is 2.30. The smallest absolute Gasteiger partial charge is 0.242 e. The van der Waals surface area contributed by atoms with E-state index in [1.807, 2.05) is 37.4 Å². The number of rotatable bonds is 13. The largest absolute Gasteiger partial charge is 0.354 e. The predicted octanol–water partition coefficient (Wildman–Crippen LogP) is 5.00. The summed E-state index contributed by atoms with van der Waals surface area (Å²) >= 11 is 0. The summed E-state index contributed by atoms with van der Waals surface area (Å²) in [5.41, 5.74) is 4.43. The van der Waals surface area contributed by atoms with Gasteiger partial charge in [0.25, 0.3) is 0 Å². The molecule has 1 saturated heterocycles. The van der Waals surface area contributed by atoms with Gasteiger partial charge in [-0.15, -0.1) is 0 Å². The molecule has 1 aliphatic heterocycles. The number of aromatic nitrogens is 1. The van der Waals surface area contributed by atoms with Crippen LogP contribution in [-0.2, 0) is 20.8 Å². The zero-order chi connectivity index (χ0) is 27.6. The number of likely N-dealkylation sites (tertiary alicyclic amines) is 1. The normalized spacial score (nSPS) is 16.6. The molecule has 0 saturated carbocycles. The fourth-order valence-electron chi connectivity index (χ4n) is 5.59. The van der Waals surface area contributed by atoms with Gasteiger partial charge in [-0.05, 0) is 69.8 Å². The van der Waals surface area contributed by atoms with Gasteiger partial charge in [-0.2, -0.15) is 0 Å². The van der Waals surface area contributed by atoms with Crippen molar-refractivity contribution in [2.75, 3.05) is 20.1 Å². The number of H-pyrrole nitrogens is 1. The van der Waals surface area contributed by atoms with Gasteiger partial charge >= 0.3 is 0 Å². The molecule has 4 rings (SSSR count). The second-order valence-corrected chi connectivity index (χ2v) is 10.8. The molecule has 0 bridgehead atoms. The van der Waals surface area contributed by atoms with Gasteiger partial charge in [0.05, 0.1) is 6.04 Å². The highest BCUT2D eigenvalue weighted by Gasteiger charge is 2.29. The van der Waals surface area contributed by atoms with Crippen molar-refractivity contribution in [2.24, 2.45) is 0 Å². The molecular weight excluding hydrogens is 488 g/mol. The van der Waals surface area contributed by atoms with Crippen LogP contribution in [0.1, 0.15) is 63.9 Å². The van der Waals surface area contributed by atoms with Gasteiger partial charge < -0.3 is 20.4 Å². The number of unbranched alkanes of at least 4 members (excludes halogenated alkanes) is 2. The van der Waals surface area contributed by atoms with E-state index in [0.717, 1.165) is 67.2 Å². The van der Waals surface area contributed by atoms with Crippen LogP contribution in [0.5, 0.6) is 0 Å². The first-order valence-electron chi connectivity index (χ1n) is 14.4. The van der Waals surface area contributed by atoms with Crippen molar-refractivity contribution in [3.05, 3.63) is 60.2 Å². The van der Waals surface area contributed by atoms with Crippen LogP contribution < -0.4 is 10.6 Å². The molecule has 2 aromatic carbocycles. The van der Waals surface area contributed by atoms with E-state index in [-0.39, 0.29) is 23.6 Å². The molecule has 0 radical (unpaired) electrons. The second kappa shape index (κ2) is 14.1. The Morgan fingerprint density at radius 3 is 2.54 bits per heavy atom. The number of Topliss-reactive ketones (excluding diaryl/α,β-unsaturated/α-hetero) is 1. The number of carbonyl (C=O) groups excluding carboxylic acids is 3. The van der Waals surface area contributed by atoms with E-state index < -0.39 is 6.04 Å². The quantitative estimate of drug-likeness (QED) is 0.271. The number of carbonyl (C=O) groups is 3. The Balaban J connectivity index is 1.41. The first-order chi connectivity index (χ1) is 18.9. The Morgan fingerprint density at radius 1 is 1.00 bits per heavy atom. The van der Waals surface area contributed by atoms with E-state index in [4.69, 9.17) is 0 Å². The van der Waals surface area contributed by atoms with Crippen molar-refractivity contribution in [3.8, 4) is 11.3 Å². The lowest BCUT2D eigenvalue weighted by molar-refractivity contribution is -0.132. The summed E-state index contributed by atoms with van der Waals surface area (Å²) in [5.74, 6) is -0.0244. The van der Waals surface area contributed by atoms with E-state index in [0.29, 0.717) is 25.8 Å². The Hall–Kier alpha value is -3.45. The maximum atomic E-state index is 13.4. The number of benzene rings is 2. The Labute approximate surface area is 231 Å². The van der Waals surface area contributed by atoms with Crippen LogP contribution in [0.15, 0.2) is 54.6 Å². The zero-order valence-corrected chi connectivity index (χ0v) is 23.3. The Kier molecular flexibility index (Phi) is 10.3. The number of nitrogens with zero attached hydrogens (tertiary/aromatic N) is 1. The fourth-order valence-corrected chi connectivity index (χ4v) is 5.59. The Morgan fingerprint density at radius 2 is 1.77 bits per heavy atom. The van der Waals surface area contributed by atoms with E-state index in [2.05, 4.69) is 44.8 Å². The SMILES string of the molecule is CC(=O)CCCCC[C@H](NC(=O)[C@H]1CCCCN1C)C(=O)NCCc1c(-c2ccccc2)[nH]c2ccccc12. The summed E-state index contributed by atoms with van der Waals surface area (Å²) in [6.07, 6.45) is 7.19. The molecule has 1 fully saturated rings. The number of fused-ring (bicyclic) bond motifs is 1. The lowest BCUT2D eigenvalue weighted by Crippen LogP contribution is -2.54. The minimum Gasteiger partial charge on any atom is -0.354 e. The summed E-state index contributed by atoms with van der Waals surface area (Å²) in [4.78, 5) is 43.4. The molecule has 0 unspecified atom stereocenters. The number of likely N-dealkylation sites (N-methyl/N-ethyl adjacent to an activating group) is 1. The average Bonchev–Trinajstić information content (AvgIpc) is 3.31. The molecule has 1 aromatic heterocycles. The van der Waals surface area contributed by atoms with Crippen molar-refractivity contribution < 1.29 is 14.4 Å². The van der Waals surface area contributed by atoms with Crippen molar-refractivity contribution >= 4 is 28.5 Å². The number of piperidine rings is 1. The van der Waals surface area contributed by atoms with Crippen LogP contribution in [-0.4, -0.2) is 59.7 Å². The molecule has 0 aliphatic carbocycles. The number of hydrogen-bond acceptors (Lipinski definition) is 4. The molecule has 1 aliphatic rings. The predicted molar refractivity (Wildman–Crippen MR) is 156 cm³/mol. The number of para-hydroxylation sites is 1. The van der Waals surface area contributed by atoms with Crippen LogP contribution in [0.25, 0.3) is 22.2 Å². The minimum absolute atomic E-state index is 0.0657. The van der Waals surface area contributed by atoms with Crippen LogP contribution in [0, 0.1) is 0 Å². The summed E-state index contributed by atoms with van der Waals surface area (Å²) < 4.78 is 0. The van der Waals surface area contributed by atoms with Crippen molar-refractivity contribution in [1.82, 2.24) is 20.5 Å². The molecule has 3 N–H and O–H groups in total. The summed E-state index contributed by atoms with van der Waals surface area (Å²) in [6, 6.07) is 17.7. The average molecular weight is 531 g/mol. The maximum Gasteiger partial charge on any atom is 0.242 e.